The van der Waals surface area contributed by atoms with E-state index in [2.05, 4.69) is 0 Å². The minimum Gasteiger partial charge on any atom is -2.00 e. The molecule has 0 spiro atoms. The molecule has 0 aromatic heterocycles. The molecule has 0 rings (SSSR count). The van der Waals surface area contributed by atoms with Crippen LogP contribution in [0, 0.1) is 0 Å². The molecule has 0 aliphatic heterocycles. The first kappa shape index (κ1) is 421. The molecular weight excluding hydrogens is 170 g/mol. The van der Waals surface area contributed by atoms with Gasteiger partial charge in [-0.05, 0) is 0 Å². The van der Waals surface area contributed by atoms with E-state index >= 15 is 0 Å². The van der Waals surface area contributed by atoms with Gasteiger partial charge in [0.2, 0.25) is 0 Å². The molecule has 0 aliphatic rings. The van der Waals surface area contributed by atoms with Crippen LogP contribution in [0.15, 0.2) is 0 Å². The van der Waals surface area contributed by atoms with Crippen LogP contribution >= 0.6 is 0 Å². The molecule has 0 fully saturated rings. The molecule has 7 heavy (non-hydrogen) atoms. The Balaban J connectivity index is 0. The fourth-order valence-corrected chi connectivity index (χ4v) is 0. The molecule has 40 valence electrons. The smallest absolute Gasteiger partial charge is 2.00 e. The van der Waals surface area contributed by atoms with E-state index in [-0.39, 0.29) is 64.9 Å². The Morgan fingerprint density at radius 1 is 0.857 bits per heavy atom. The van der Waals surface area contributed by atoms with E-state index in [1.54, 1.807) is 0 Å². The van der Waals surface area contributed by atoms with Crippen LogP contribution in [0.3, 0.4) is 0 Å². The van der Waals surface area contributed by atoms with Gasteiger partial charge >= 0.3 is 36.8 Å². The third kappa shape index (κ3) is 187. The van der Waals surface area contributed by atoms with Gasteiger partial charge in [-0.25, -0.2) is 0 Å². The summed E-state index contributed by atoms with van der Waals surface area (Å²) in [5, 5.41) is 0. The van der Waals surface area contributed by atoms with Gasteiger partial charge in [0.05, 0.1) is 0 Å². The normalized spacial score (nSPS) is 0. The first-order chi connectivity index (χ1) is 0. The van der Waals surface area contributed by atoms with Crippen molar-refractivity contribution in [1.29, 1.82) is 0 Å². The monoisotopic (exact) mass is 175 g/mol. The van der Waals surface area contributed by atoms with Gasteiger partial charge in [-0.3, -0.25) is 0 Å². The van der Waals surface area contributed by atoms with Crippen molar-refractivity contribution in [2.75, 3.05) is 0 Å². The summed E-state index contributed by atoms with van der Waals surface area (Å²) in [7, 11) is 0. The van der Waals surface area contributed by atoms with Crippen molar-refractivity contribution in [1.82, 2.24) is 6.15 Å². The molecule has 0 aliphatic carbocycles. The van der Waals surface area contributed by atoms with Crippen LogP contribution < -0.4 is 6.15 Å². The van der Waals surface area contributed by atoms with Gasteiger partial charge < -0.3 is 28.1 Å². The fourth-order valence-electron chi connectivity index (χ4n) is 0. The maximum absolute atomic E-state index is 0. The van der Waals surface area contributed by atoms with Crippen LogP contribution in [-0.2, 0) is 30.4 Å². The second-order valence-electron chi connectivity index (χ2n) is 0. The van der Waals surface area contributed by atoms with E-state index in [4.69, 9.17) is 0 Å². The van der Waals surface area contributed by atoms with Crippen molar-refractivity contribution in [3.05, 3.63) is 0 Å². The van der Waals surface area contributed by atoms with Crippen LogP contribution in [0.2, 0.25) is 0 Å². The maximum Gasteiger partial charge on any atom is 3.00 e. The summed E-state index contributed by atoms with van der Waals surface area (Å²) in [6.45, 7) is 0. The largest absolute Gasteiger partial charge is 3.00 e. The molecule has 7 heteroatoms. The third-order valence-electron chi connectivity index (χ3n) is 0. The molecule has 0 atom stereocenters. The molecule has 0 saturated carbocycles. The van der Waals surface area contributed by atoms with Crippen LogP contribution in [0.4, 0.5) is 0 Å². The molecule has 0 radical (unpaired) electrons. The second kappa shape index (κ2) is 270. The van der Waals surface area contributed by atoms with Gasteiger partial charge in [0, 0.05) is 0 Å². The molecule has 0 bridgehead atoms. The molecule has 0 aromatic rings. The molecule has 0 amide bonds. The zero-order chi connectivity index (χ0) is 0. The Morgan fingerprint density at radius 2 is 0.857 bits per heavy atom. The third-order valence-corrected chi connectivity index (χ3v) is 0. The van der Waals surface area contributed by atoms with Crippen molar-refractivity contribution >= 4 is 17.4 Å². The van der Waals surface area contributed by atoms with E-state index in [1.165, 1.54) is 0 Å². The Morgan fingerprint density at radius 3 is 0.857 bits per heavy atom. The predicted molar refractivity (Wildman–Crippen MR) is 17.7 cm³/mol. The second-order valence-corrected chi connectivity index (χ2v) is 0. The van der Waals surface area contributed by atoms with E-state index in [0.717, 1.165) is 0 Å². The molecule has 0 heterocycles. The van der Waals surface area contributed by atoms with Crippen LogP contribution in [0.5, 0.6) is 0 Å². The Bertz CT molecular complexity index is 11.7. The SMILES string of the molecule is N.O.[Al+3].[O-2].[O-2].[OH-].[Zn+2]. The summed E-state index contributed by atoms with van der Waals surface area (Å²) < 4.78 is 0. The Hall–Kier alpha value is 0.956. The first-order valence-electron chi connectivity index (χ1n) is 0. The number of hydrogen-bond donors (Lipinski definition) is 1. The predicted octanol–water partition coefficient (Wildman–Crippen LogP) is -1.46. The van der Waals surface area contributed by atoms with Crippen molar-refractivity contribution in [3.8, 4) is 0 Å². The van der Waals surface area contributed by atoms with Crippen LogP contribution in [0.25, 0.3) is 0 Å². The summed E-state index contributed by atoms with van der Waals surface area (Å²) in [4.78, 5) is 0. The topological polar surface area (TPSA) is 154 Å². The minimum atomic E-state index is 0. The molecule has 0 aromatic carbocycles. The van der Waals surface area contributed by atoms with Crippen LogP contribution in [-0.4, -0.2) is 28.3 Å². The van der Waals surface area contributed by atoms with Crippen molar-refractivity contribution < 1.29 is 41.4 Å². The summed E-state index contributed by atoms with van der Waals surface area (Å²) >= 11 is 0. The van der Waals surface area contributed by atoms with Crippen LogP contribution in [0.1, 0.15) is 0 Å². The molecule has 0 saturated heterocycles. The van der Waals surface area contributed by atoms with Gasteiger partial charge in [-0.1, -0.05) is 0 Å². The van der Waals surface area contributed by atoms with Gasteiger partial charge in [-0.15, -0.1) is 0 Å². The molecule has 6 N–H and O–H groups in total. The van der Waals surface area contributed by atoms with Gasteiger partial charge in [-0.2, -0.15) is 0 Å². The van der Waals surface area contributed by atoms with Gasteiger partial charge in [0.25, 0.3) is 0 Å². The molecule has 5 nitrogen and oxygen atoms in total. The average molecular weight is 176 g/mol. The standard InChI is InChI=1S/Al.H3N.2H2O.2O.Zn/h;1H3;2*1H2;;;/q+3;;;;2*-2;+2/p-1. The first-order valence-corrected chi connectivity index (χ1v) is 0. The van der Waals surface area contributed by atoms with Gasteiger partial charge in [0.1, 0.15) is 0 Å². The van der Waals surface area contributed by atoms with Gasteiger partial charge in [0.15, 0.2) is 0 Å². The number of rotatable bonds is 0. The van der Waals surface area contributed by atoms with E-state index < -0.39 is 0 Å². The summed E-state index contributed by atoms with van der Waals surface area (Å²) in [5.74, 6) is 0. The quantitative estimate of drug-likeness (QED) is 0.448. The average Bonchev–Trinajstić information content (AvgIpc) is 0. The Labute approximate surface area is 65.2 Å². The van der Waals surface area contributed by atoms with Crippen molar-refractivity contribution in [3.63, 3.8) is 0 Å². The zero-order valence-corrected chi connectivity index (χ0v) is 7.88. The van der Waals surface area contributed by atoms with E-state index in [0.29, 0.717) is 0 Å². The zero-order valence-electron chi connectivity index (χ0n) is 3.76. The maximum atomic E-state index is 0. The summed E-state index contributed by atoms with van der Waals surface area (Å²) in [6.07, 6.45) is 0. The molecule has 0 unspecified atom stereocenters. The Kier molecular flexibility index (Phi) is 16300. The fraction of sp³-hybridized carbons (Fsp3) is 0. The number of hydrogen-bond acceptors (Lipinski definition) is 2. The molecular formula is H6AlNO4Zn. The van der Waals surface area contributed by atoms with E-state index in [9.17, 15) is 0 Å². The van der Waals surface area contributed by atoms with Crippen molar-refractivity contribution in [2.24, 2.45) is 0 Å². The van der Waals surface area contributed by atoms with Crippen molar-refractivity contribution in [2.45, 2.75) is 0 Å². The summed E-state index contributed by atoms with van der Waals surface area (Å²) in [5.41, 5.74) is 0. The summed E-state index contributed by atoms with van der Waals surface area (Å²) in [6, 6.07) is 0. The minimum absolute atomic E-state index is 0. The van der Waals surface area contributed by atoms with E-state index in [1.807, 2.05) is 0 Å².